The third-order valence-electron chi connectivity index (χ3n) is 4.77. The maximum Gasteiger partial charge on any atom is 0.259 e. The number of nitrogens with one attached hydrogen (secondary N) is 1. The van der Waals surface area contributed by atoms with E-state index in [0.29, 0.717) is 28.4 Å². The van der Waals surface area contributed by atoms with Crippen molar-refractivity contribution in [1.29, 1.82) is 0 Å². The fourth-order valence-corrected chi connectivity index (χ4v) is 3.31. The minimum atomic E-state index is -0.249. The quantitative estimate of drug-likeness (QED) is 0.457. The zero-order valence-electron chi connectivity index (χ0n) is 17.6. The summed E-state index contributed by atoms with van der Waals surface area (Å²) in [6.07, 6.45) is 1.70. The molecule has 0 fully saturated rings. The number of amides is 1. The Balaban J connectivity index is 1.53. The first-order valence-corrected chi connectivity index (χ1v) is 9.86. The van der Waals surface area contributed by atoms with Gasteiger partial charge in [-0.15, -0.1) is 0 Å². The lowest BCUT2D eigenvalue weighted by atomic mass is 10.1. The second kappa shape index (κ2) is 8.75. The van der Waals surface area contributed by atoms with E-state index in [2.05, 4.69) is 10.4 Å². The van der Waals surface area contributed by atoms with Crippen molar-refractivity contribution in [3.8, 4) is 28.5 Å². The molecule has 0 radical (unpaired) electrons. The number of hydrogen-bond donors (Lipinski definition) is 1. The predicted octanol–water partition coefficient (Wildman–Crippen LogP) is 5.45. The lowest BCUT2D eigenvalue weighted by molar-refractivity contribution is 0.102. The summed E-state index contributed by atoms with van der Waals surface area (Å²) >= 11 is 0. The van der Waals surface area contributed by atoms with Crippen molar-refractivity contribution in [3.63, 3.8) is 0 Å². The number of carbonyl (C=O) groups is 1. The minimum Gasteiger partial charge on any atom is -0.496 e. The van der Waals surface area contributed by atoms with E-state index < -0.39 is 0 Å². The van der Waals surface area contributed by atoms with E-state index in [1.807, 2.05) is 79.7 Å². The summed E-state index contributed by atoms with van der Waals surface area (Å²) in [5.41, 5.74) is 3.58. The summed E-state index contributed by atoms with van der Waals surface area (Å²) in [7, 11) is 3.38. The number of rotatable bonds is 6. The number of hydrogen-bond acceptors (Lipinski definition) is 4. The molecule has 1 N–H and O–H groups in total. The standard InChI is InChI=1S/C25H23N3O3/c1-17-7-6-8-20(15-17)31-19-13-11-18(12-14-19)26-25(29)22-16-28(2)27-24(22)21-9-4-5-10-23(21)30-3/h4-16H,1-3H3,(H,26,29). The largest absolute Gasteiger partial charge is 0.496 e. The van der Waals surface area contributed by atoms with Crippen LogP contribution in [-0.2, 0) is 7.05 Å². The molecule has 6 heteroatoms. The summed E-state index contributed by atoms with van der Waals surface area (Å²) in [6, 6.07) is 22.6. The van der Waals surface area contributed by atoms with Gasteiger partial charge in [0.05, 0.1) is 12.7 Å². The Labute approximate surface area is 181 Å². The number of anilines is 1. The molecule has 0 atom stereocenters. The van der Waals surface area contributed by atoms with Crippen molar-refractivity contribution >= 4 is 11.6 Å². The van der Waals surface area contributed by atoms with Crippen molar-refractivity contribution in [1.82, 2.24) is 9.78 Å². The average Bonchev–Trinajstić information content (AvgIpc) is 3.17. The Kier molecular flexibility index (Phi) is 5.71. The molecule has 0 aliphatic heterocycles. The van der Waals surface area contributed by atoms with Gasteiger partial charge in [-0.1, -0.05) is 24.3 Å². The van der Waals surface area contributed by atoms with Gasteiger partial charge < -0.3 is 14.8 Å². The first kappa shape index (κ1) is 20.2. The van der Waals surface area contributed by atoms with E-state index in [4.69, 9.17) is 9.47 Å². The van der Waals surface area contributed by atoms with E-state index >= 15 is 0 Å². The lowest BCUT2D eigenvalue weighted by Crippen LogP contribution is -2.12. The van der Waals surface area contributed by atoms with E-state index in [-0.39, 0.29) is 5.91 Å². The lowest BCUT2D eigenvalue weighted by Gasteiger charge is -2.10. The summed E-state index contributed by atoms with van der Waals surface area (Å²) in [5.74, 6) is 1.88. The van der Waals surface area contributed by atoms with Gasteiger partial charge in [0, 0.05) is 24.5 Å². The van der Waals surface area contributed by atoms with Gasteiger partial charge in [0.15, 0.2) is 0 Å². The average molecular weight is 413 g/mol. The van der Waals surface area contributed by atoms with Crippen LogP contribution in [0.4, 0.5) is 5.69 Å². The number of methoxy groups -OCH3 is 1. The first-order valence-electron chi connectivity index (χ1n) is 9.86. The molecule has 0 aliphatic carbocycles. The van der Waals surface area contributed by atoms with Gasteiger partial charge in [0.25, 0.3) is 5.91 Å². The maximum atomic E-state index is 13.0. The predicted molar refractivity (Wildman–Crippen MR) is 121 cm³/mol. The Hall–Kier alpha value is -4.06. The fourth-order valence-electron chi connectivity index (χ4n) is 3.31. The van der Waals surface area contributed by atoms with Crippen molar-refractivity contribution < 1.29 is 14.3 Å². The highest BCUT2D eigenvalue weighted by Gasteiger charge is 2.20. The van der Waals surface area contributed by atoms with Gasteiger partial charge in [-0.2, -0.15) is 5.10 Å². The summed E-state index contributed by atoms with van der Waals surface area (Å²) < 4.78 is 12.9. The van der Waals surface area contributed by atoms with E-state index in [0.717, 1.165) is 16.9 Å². The molecular formula is C25H23N3O3. The van der Waals surface area contributed by atoms with Gasteiger partial charge in [0.2, 0.25) is 0 Å². The molecule has 0 bridgehead atoms. The van der Waals surface area contributed by atoms with Crippen LogP contribution < -0.4 is 14.8 Å². The molecule has 4 rings (SSSR count). The number of carbonyl (C=O) groups excluding carboxylic acids is 1. The molecule has 6 nitrogen and oxygen atoms in total. The molecule has 0 unspecified atom stereocenters. The molecule has 1 amide bonds. The number of ether oxygens (including phenoxy) is 2. The second-order valence-electron chi connectivity index (χ2n) is 7.16. The van der Waals surface area contributed by atoms with E-state index in [1.54, 1.807) is 25.0 Å². The van der Waals surface area contributed by atoms with Crippen molar-refractivity contribution in [2.45, 2.75) is 6.92 Å². The number of aromatic nitrogens is 2. The Morgan fingerprint density at radius 3 is 2.48 bits per heavy atom. The third kappa shape index (κ3) is 4.59. The molecule has 1 heterocycles. The number of aryl methyl sites for hydroxylation is 2. The molecule has 0 saturated heterocycles. The molecule has 1 aromatic heterocycles. The van der Waals surface area contributed by atoms with Crippen LogP contribution in [0.2, 0.25) is 0 Å². The van der Waals surface area contributed by atoms with Crippen molar-refractivity contribution in [3.05, 3.63) is 90.1 Å². The van der Waals surface area contributed by atoms with Crippen molar-refractivity contribution in [2.24, 2.45) is 7.05 Å². The molecule has 3 aromatic carbocycles. The van der Waals surface area contributed by atoms with Crippen molar-refractivity contribution in [2.75, 3.05) is 12.4 Å². The second-order valence-corrected chi connectivity index (χ2v) is 7.16. The topological polar surface area (TPSA) is 65.4 Å². The highest BCUT2D eigenvalue weighted by atomic mass is 16.5. The Bertz CT molecular complexity index is 1210. The van der Waals surface area contributed by atoms with E-state index in [1.165, 1.54) is 0 Å². The molecule has 156 valence electrons. The highest BCUT2D eigenvalue weighted by molar-refractivity contribution is 6.08. The summed E-state index contributed by atoms with van der Waals surface area (Å²) in [6.45, 7) is 2.02. The third-order valence-corrected chi connectivity index (χ3v) is 4.77. The number of nitrogens with zero attached hydrogens (tertiary/aromatic N) is 2. The number of para-hydroxylation sites is 1. The normalized spacial score (nSPS) is 10.5. The smallest absolute Gasteiger partial charge is 0.259 e. The van der Waals surface area contributed by atoms with Gasteiger partial charge in [0.1, 0.15) is 22.9 Å². The molecule has 0 saturated carbocycles. The minimum absolute atomic E-state index is 0.249. The SMILES string of the molecule is COc1ccccc1-c1nn(C)cc1C(=O)Nc1ccc(Oc2cccc(C)c2)cc1. The van der Waals surface area contributed by atoms with E-state index in [9.17, 15) is 4.79 Å². The number of benzene rings is 3. The van der Waals surface area contributed by atoms with Gasteiger partial charge in [-0.3, -0.25) is 9.48 Å². The molecule has 0 aliphatic rings. The van der Waals surface area contributed by atoms with Crippen LogP contribution in [0.3, 0.4) is 0 Å². The summed E-state index contributed by atoms with van der Waals surface area (Å²) in [4.78, 5) is 13.0. The Morgan fingerprint density at radius 2 is 1.74 bits per heavy atom. The van der Waals surface area contributed by atoms with Gasteiger partial charge >= 0.3 is 0 Å². The first-order chi connectivity index (χ1) is 15.0. The fraction of sp³-hybridized carbons (Fsp3) is 0.120. The van der Waals surface area contributed by atoms with Crippen LogP contribution in [0, 0.1) is 6.92 Å². The summed E-state index contributed by atoms with van der Waals surface area (Å²) in [5, 5.41) is 7.41. The van der Waals surface area contributed by atoms with Gasteiger partial charge in [-0.25, -0.2) is 0 Å². The molecule has 0 spiro atoms. The zero-order chi connectivity index (χ0) is 21.8. The molecule has 4 aromatic rings. The zero-order valence-corrected chi connectivity index (χ0v) is 17.6. The van der Waals surface area contributed by atoms with Crippen LogP contribution in [0.5, 0.6) is 17.2 Å². The van der Waals surface area contributed by atoms with Crippen LogP contribution in [0.25, 0.3) is 11.3 Å². The van der Waals surface area contributed by atoms with Crippen LogP contribution >= 0.6 is 0 Å². The van der Waals surface area contributed by atoms with Crippen LogP contribution in [0.15, 0.2) is 79.0 Å². The van der Waals surface area contributed by atoms with Crippen LogP contribution in [0.1, 0.15) is 15.9 Å². The van der Waals surface area contributed by atoms with Gasteiger partial charge in [-0.05, 0) is 61.0 Å². The van der Waals surface area contributed by atoms with Crippen LogP contribution in [-0.4, -0.2) is 22.8 Å². The Morgan fingerprint density at radius 1 is 0.968 bits per heavy atom. The molecule has 31 heavy (non-hydrogen) atoms. The highest BCUT2D eigenvalue weighted by Crippen LogP contribution is 2.31. The monoisotopic (exact) mass is 413 g/mol. The molecular weight excluding hydrogens is 390 g/mol. The maximum absolute atomic E-state index is 13.0.